The molecule has 8 heteroatoms. The Morgan fingerprint density at radius 2 is 1.00 bits per heavy atom. The second-order valence-corrected chi connectivity index (χ2v) is 2.42. The van der Waals surface area contributed by atoms with Crippen molar-refractivity contribution in [3.63, 3.8) is 0 Å². The number of hydrogen-bond acceptors (Lipinski definition) is 4. The van der Waals surface area contributed by atoms with Gasteiger partial charge in [0.1, 0.15) is 0 Å². The van der Waals surface area contributed by atoms with E-state index in [0.29, 0.717) is 0 Å². The Hall–Kier alpha value is 2.64. The summed E-state index contributed by atoms with van der Waals surface area (Å²) in [4.78, 5) is 0. The maximum atomic E-state index is 8.63. The Kier molecular flexibility index (Phi) is 27.0. The quantitative estimate of drug-likeness (QED) is 0.311. The minimum atomic E-state index is -6.02. The van der Waals surface area contributed by atoms with E-state index in [1.54, 1.807) is 0 Å². The van der Waals surface area contributed by atoms with Crippen LogP contribution in [-0.4, -0.2) is 0 Å². The molecule has 0 aliphatic carbocycles. The zero-order chi connectivity index (χ0) is 4.50. The molecule has 0 heterocycles. The summed E-state index contributed by atoms with van der Waals surface area (Å²) in [5.74, 6) is 0. The molecular weight excluding hydrogens is 237 g/mol. The van der Waals surface area contributed by atoms with E-state index in [0.717, 1.165) is 0 Å². The van der Waals surface area contributed by atoms with Crippen molar-refractivity contribution in [2.75, 3.05) is 0 Å². The third kappa shape index (κ3) is 72.4. The van der Waals surface area contributed by atoms with Crippen LogP contribution < -0.4 is 66.6 Å². The second-order valence-electron chi connectivity index (χ2n) is 0.408. The van der Waals surface area contributed by atoms with E-state index in [1.807, 2.05) is 0 Å². The van der Waals surface area contributed by atoms with Crippen LogP contribution in [0.15, 0.2) is 0 Å². The molecule has 4 nitrogen and oxygen atoms in total. The molecule has 1 atom stereocenters. The van der Waals surface area contributed by atoms with Gasteiger partial charge >= 0.3 is 90.2 Å². The Labute approximate surface area is 98.3 Å². The Balaban J connectivity index is -0.0000000267. The first kappa shape index (κ1) is 22.4. The zero-order valence-corrected chi connectivity index (χ0v) is 12.2. The van der Waals surface area contributed by atoms with Crippen LogP contribution in [0.1, 0.15) is 0 Å². The topological polar surface area (TPSA) is 80.3 Å². The molecule has 0 spiro atoms. The van der Waals surface area contributed by atoms with Gasteiger partial charge in [0, 0.05) is 0 Å². The first-order valence-corrected chi connectivity index (χ1v) is 3.94. The first-order valence-electron chi connectivity index (χ1n) is 0.667. The van der Waals surface area contributed by atoms with Crippen LogP contribution >= 0.6 is 9.90 Å². The third-order valence-corrected chi connectivity index (χ3v) is 0. The van der Waals surface area contributed by atoms with Crippen LogP contribution in [0.5, 0.6) is 0 Å². The zero-order valence-electron chi connectivity index (χ0n) is 4.75. The predicted molar refractivity (Wildman–Crippen MR) is 12.5 cm³/mol. The molecule has 8 heavy (non-hydrogen) atoms. The van der Waals surface area contributed by atoms with Gasteiger partial charge in [-0.15, -0.1) is 0 Å². The molecule has 0 aliphatic rings. The Bertz CT molecular complexity index is 97.2. The average molecular weight is 240 g/mol. The van der Waals surface area contributed by atoms with Crippen molar-refractivity contribution >= 4 is 9.90 Å². The van der Waals surface area contributed by atoms with Crippen molar-refractivity contribution in [2.45, 2.75) is 0 Å². The molecule has 0 N–H and O–H groups in total. The fourth-order valence-electron chi connectivity index (χ4n) is 0. The Morgan fingerprint density at radius 3 is 1.00 bits per heavy atom. The van der Waals surface area contributed by atoms with Crippen LogP contribution in [0.4, 0.5) is 0 Å². The van der Waals surface area contributed by atoms with Crippen LogP contribution in [0.25, 0.3) is 0 Å². The van der Waals surface area contributed by atoms with Gasteiger partial charge in [-0.3, -0.25) is 0 Å². The van der Waals surface area contributed by atoms with Gasteiger partial charge in [-0.1, -0.05) is 0 Å². The van der Waals surface area contributed by atoms with E-state index in [-0.39, 0.29) is 69.0 Å². The van der Waals surface area contributed by atoms with E-state index in [9.17, 15) is 0 Å². The summed E-state index contributed by atoms with van der Waals surface area (Å²) >= 11 is -6.02. The summed E-state index contributed by atoms with van der Waals surface area (Å²) in [5.41, 5.74) is 0. The molecule has 0 fully saturated rings. The molecule has 0 aliphatic heterocycles. The molecular formula is H3MoNa2O4P. The SMILES string of the molecule is P.[Na+].[Na+].[O]=[Mo](=[O])([O-])[O-]. The summed E-state index contributed by atoms with van der Waals surface area (Å²) in [5, 5.41) is 0. The molecule has 0 aromatic carbocycles. The van der Waals surface area contributed by atoms with Crippen molar-refractivity contribution in [3.8, 4) is 0 Å². The molecule has 1 unspecified atom stereocenters. The molecule has 0 aromatic heterocycles. The van der Waals surface area contributed by atoms with E-state index in [2.05, 4.69) is 0 Å². The fourth-order valence-corrected chi connectivity index (χ4v) is 0. The van der Waals surface area contributed by atoms with Crippen molar-refractivity contribution in [3.05, 3.63) is 0 Å². The standard InChI is InChI=1S/Mo.2Na.4O.H3P/h;;;;;;;1H3/q;2*+1;;;2*-1;. The van der Waals surface area contributed by atoms with Crippen LogP contribution in [-0.2, 0) is 23.5 Å². The van der Waals surface area contributed by atoms with Crippen molar-refractivity contribution < 1.29 is 90.2 Å². The van der Waals surface area contributed by atoms with Crippen LogP contribution in [0.3, 0.4) is 0 Å². The average Bonchev–Trinajstić information content (AvgIpc) is 0.722. The fraction of sp³-hybridized carbons (Fsp3) is 0. The summed E-state index contributed by atoms with van der Waals surface area (Å²) in [6.07, 6.45) is 0. The van der Waals surface area contributed by atoms with E-state index >= 15 is 0 Å². The van der Waals surface area contributed by atoms with Gasteiger partial charge < -0.3 is 0 Å². The van der Waals surface area contributed by atoms with Gasteiger partial charge in [-0.05, 0) is 0 Å². The summed E-state index contributed by atoms with van der Waals surface area (Å²) < 4.78 is 34.5. The number of hydrogen-bond donors (Lipinski definition) is 0. The predicted octanol–water partition coefficient (Wildman–Crippen LogP) is -8.55. The second kappa shape index (κ2) is 9.64. The molecule has 0 amide bonds. The van der Waals surface area contributed by atoms with Crippen LogP contribution in [0, 0.1) is 0 Å². The van der Waals surface area contributed by atoms with Crippen molar-refractivity contribution in [1.29, 1.82) is 0 Å². The normalized spacial score (nSPS) is 7.25. The molecule has 0 radical (unpaired) electrons. The first-order chi connectivity index (χ1) is 2.00. The third-order valence-electron chi connectivity index (χ3n) is 0. The molecule has 0 saturated heterocycles. The monoisotopic (exact) mass is 242 g/mol. The van der Waals surface area contributed by atoms with Gasteiger partial charge in [0.25, 0.3) is 0 Å². The Morgan fingerprint density at radius 1 is 1.00 bits per heavy atom. The molecule has 40 valence electrons. The van der Waals surface area contributed by atoms with E-state index < -0.39 is 16.7 Å². The van der Waals surface area contributed by atoms with Gasteiger partial charge in [-0.25, -0.2) is 0 Å². The maximum absolute atomic E-state index is 8.63. The van der Waals surface area contributed by atoms with Crippen LogP contribution in [0.2, 0.25) is 0 Å². The van der Waals surface area contributed by atoms with Gasteiger partial charge in [0.15, 0.2) is 0 Å². The summed E-state index contributed by atoms with van der Waals surface area (Å²) in [7, 11) is 0. The molecule has 0 rings (SSSR count). The van der Waals surface area contributed by atoms with Crippen molar-refractivity contribution in [2.24, 2.45) is 0 Å². The summed E-state index contributed by atoms with van der Waals surface area (Å²) in [6.45, 7) is 0. The van der Waals surface area contributed by atoms with Crippen molar-refractivity contribution in [1.82, 2.24) is 0 Å². The molecule has 0 saturated carbocycles. The number of rotatable bonds is 0. The van der Waals surface area contributed by atoms with Gasteiger partial charge in [-0.2, -0.15) is 9.90 Å². The molecule has 0 bridgehead atoms. The van der Waals surface area contributed by atoms with E-state index in [1.165, 1.54) is 0 Å². The minimum absolute atomic E-state index is 0. The van der Waals surface area contributed by atoms with E-state index in [4.69, 9.17) is 14.3 Å². The van der Waals surface area contributed by atoms with Gasteiger partial charge in [0.05, 0.1) is 0 Å². The molecule has 0 aromatic rings. The summed E-state index contributed by atoms with van der Waals surface area (Å²) in [6, 6.07) is 0. The van der Waals surface area contributed by atoms with Gasteiger partial charge in [0.2, 0.25) is 0 Å².